The lowest BCUT2D eigenvalue weighted by molar-refractivity contribution is -0.148. The molecule has 4 rings (SSSR count). The lowest BCUT2D eigenvalue weighted by atomic mass is 9.92. The van der Waals surface area contributed by atoms with E-state index in [2.05, 4.69) is 18.0 Å². The summed E-state index contributed by atoms with van der Waals surface area (Å²) in [5.41, 5.74) is 7.26. The zero-order valence-electron chi connectivity index (χ0n) is 14.7. The van der Waals surface area contributed by atoms with E-state index >= 15 is 0 Å². The molecule has 3 saturated heterocycles. The molecule has 0 radical (unpaired) electrons. The highest BCUT2D eigenvalue weighted by Gasteiger charge is 2.47. The molecule has 0 spiro atoms. The van der Waals surface area contributed by atoms with Crippen LogP contribution in [0.2, 0.25) is 0 Å². The maximum atomic E-state index is 13.0. The summed E-state index contributed by atoms with van der Waals surface area (Å²) in [5.74, 6) is 0.853. The Balaban J connectivity index is 1.44. The second-order valence-electron chi connectivity index (χ2n) is 7.90. The normalized spacial score (nSPS) is 33.0. The number of carbonyl (C=O) groups is 2. The van der Waals surface area contributed by atoms with Gasteiger partial charge in [0, 0.05) is 37.4 Å². The minimum Gasteiger partial charge on any atom is -0.340 e. The van der Waals surface area contributed by atoms with Crippen LogP contribution in [0.15, 0.2) is 24.5 Å². The van der Waals surface area contributed by atoms with Crippen LogP contribution in [0.25, 0.3) is 0 Å². The Kier molecular flexibility index (Phi) is 4.23. The van der Waals surface area contributed by atoms with Crippen molar-refractivity contribution in [1.29, 1.82) is 0 Å². The van der Waals surface area contributed by atoms with Gasteiger partial charge in [-0.25, -0.2) is 0 Å². The minimum atomic E-state index is -0.465. The highest BCUT2D eigenvalue weighted by atomic mass is 16.2. The molecule has 3 aliphatic rings. The average molecular weight is 342 g/mol. The van der Waals surface area contributed by atoms with Crippen LogP contribution >= 0.6 is 0 Å². The SMILES string of the molecule is C[C@H]1C[C@H]2CC[C@@H](C(=O)N3CC(c4cccnc4)C3)N2C(=O)[C@@H](N)C1. The Bertz CT molecular complexity index is 659. The summed E-state index contributed by atoms with van der Waals surface area (Å²) in [4.78, 5) is 33.6. The van der Waals surface area contributed by atoms with Gasteiger partial charge in [0.05, 0.1) is 6.04 Å². The van der Waals surface area contributed by atoms with E-state index in [9.17, 15) is 9.59 Å². The summed E-state index contributed by atoms with van der Waals surface area (Å²) in [6.07, 6.45) is 7.00. The lowest BCUT2D eigenvalue weighted by Gasteiger charge is -2.42. The second kappa shape index (κ2) is 6.41. The number of nitrogens with two attached hydrogens (primary N) is 1. The molecule has 25 heavy (non-hydrogen) atoms. The van der Waals surface area contributed by atoms with Crippen LogP contribution in [0.3, 0.4) is 0 Å². The van der Waals surface area contributed by atoms with Gasteiger partial charge in [0.2, 0.25) is 11.8 Å². The molecule has 3 fully saturated rings. The fourth-order valence-corrected chi connectivity index (χ4v) is 4.67. The molecule has 3 aliphatic heterocycles. The van der Waals surface area contributed by atoms with Gasteiger partial charge in [0.25, 0.3) is 0 Å². The van der Waals surface area contributed by atoms with E-state index in [-0.39, 0.29) is 23.9 Å². The average Bonchev–Trinajstić information content (AvgIpc) is 2.92. The smallest absolute Gasteiger partial charge is 0.245 e. The molecule has 134 valence electrons. The van der Waals surface area contributed by atoms with Crippen molar-refractivity contribution in [2.75, 3.05) is 13.1 Å². The van der Waals surface area contributed by atoms with Crippen molar-refractivity contribution in [1.82, 2.24) is 14.8 Å². The number of amides is 2. The highest BCUT2D eigenvalue weighted by molar-refractivity contribution is 5.91. The van der Waals surface area contributed by atoms with E-state index in [0.29, 0.717) is 11.8 Å². The van der Waals surface area contributed by atoms with Crippen LogP contribution in [-0.2, 0) is 9.59 Å². The maximum Gasteiger partial charge on any atom is 0.245 e. The Labute approximate surface area is 148 Å². The van der Waals surface area contributed by atoms with Gasteiger partial charge in [-0.2, -0.15) is 0 Å². The number of nitrogens with zero attached hydrogens (tertiary/aromatic N) is 3. The van der Waals surface area contributed by atoms with Crippen LogP contribution in [0.4, 0.5) is 0 Å². The standard InChI is InChI=1S/C19H26N4O2/c1-12-7-15-4-5-17(23(15)18(24)16(20)8-12)19(25)22-10-14(11-22)13-3-2-6-21-9-13/h2-3,6,9,12,14-17H,4-5,7-8,10-11,20H2,1H3/t12-,15+,16-,17-/m0/s1. The molecule has 2 amide bonds. The van der Waals surface area contributed by atoms with Crippen molar-refractivity contribution in [2.45, 2.75) is 56.7 Å². The number of rotatable bonds is 2. The fourth-order valence-electron chi connectivity index (χ4n) is 4.67. The predicted molar refractivity (Wildman–Crippen MR) is 93.6 cm³/mol. The molecular formula is C19H26N4O2. The summed E-state index contributed by atoms with van der Waals surface area (Å²) < 4.78 is 0. The number of aromatic nitrogens is 1. The molecule has 0 aliphatic carbocycles. The Morgan fingerprint density at radius 3 is 2.80 bits per heavy atom. The monoisotopic (exact) mass is 342 g/mol. The zero-order chi connectivity index (χ0) is 17.6. The zero-order valence-corrected chi connectivity index (χ0v) is 14.7. The first-order valence-electron chi connectivity index (χ1n) is 9.31. The van der Waals surface area contributed by atoms with Gasteiger partial charge >= 0.3 is 0 Å². The summed E-state index contributed by atoms with van der Waals surface area (Å²) in [5, 5.41) is 0. The number of carbonyl (C=O) groups excluding carboxylic acids is 2. The van der Waals surface area contributed by atoms with Crippen LogP contribution in [-0.4, -0.2) is 57.8 Å². The topological polar surface area (TPSA) is 79.5 Å². The Morgan fingerprint density at radius 1 is 1.28 bits per heavy atom. The Hall–Kier alpha value is -1.95. The van der Waals surface area contributed by atoms with Crippen LogP contribution in [0, 0.1) is 5.92 Å². The van der Waals surface area contributed by atoms with E-state index in [0.717, 1.165) is 38.8 Å². The third kappa shape index (κ3) is 2.92. The molecule has 4 atom stereocenters. The predicted octanol–water partition coefficient (Wildman–Crippen LogP) is 1.12. The van der Waals surface area contributed by atoms with Gasteiger partial charge in [-0.15, -0.1) is 0 Å². The second-order valence-corrected chi connectivity index (χ2v) is 7.90. The molecule has 0 unspecified atom stereocenters. The molecule has 6 nitrogen and oxygen atoms in total. The third-order valence-electron chi connectivity index (χ3n) is 6.04. The first kappa shape index (κ1) is 16.5. The van der Waals surface area contributed by atoms with Crippen molar-refractivity contribution >= 4 is 11.8 Å². The number of pyridine rings is 1. The van der Waals surface area contributed by atoms with Crippen molar-refractivity contribution < 1.29 is 9.59 Å². The van der Waals surface area contributed by atoms with Gasteiger partial charge in [-0.05, 0) is 43.2 Å². The van der Waals surface area contributed by atoms with Gasteiger partial charge in [0.15, 0.2) is 0 Å². The van der Waals surface area contributed by atoms with Crippen LogP contribution < -0.4 is 5.73 Å². The first-order valence-corrected chi connectivity index (χ1v) is 9.31. The molecule has 6 heteroatoms. The molecule has 0 bridgehead atoms. The largest absolute Gasteiger partial charge is 0.340 e. The summed E-state index contributed by atoms with van der Waals surface area (Å²) >= 11 is 0. The summed E-state index contributed by atoms with van der Waals surface area (Å²) in [7, 11) is 0. The lowest BCUT2D eigenvalue weighted by Crippen LogP contribution is -2.57. The summed E-state index contributed by atoms with van der Waals surface area (Å²) in [6.45, 7) is 3.59. The number of hydrogen-bond acceptors (Lipinski definition) is 4. The van der Waals surface area contributed by atoms with Crippen molar-refractivity contribution in [2.24, 2.45) is 11.7 Å². The Morgan fingerprint density at radius 2 is 2.08 bits per heavy atom. The quantitative estimate of drug-likeness (QED) is 0.874. The molecule has 2 N–H and O–H groups in total. The van der Waals surface area contributed by atoms with Gasteiger partial charge < -0.3 is 15.5 Å². The molecule has 1 aromatic rings. The molecule has 0 aromatic carbocycles. The molecule has 1 aromatic heterocycles. The van der Waals surface area contributed by atoms with Gasteiger partial charge in [-0.3, -0.25) is 14.6 Å². The summed E-state index contributed by atoms with van der Waals surface area (Å²) in [6, 6.07) is 3.39. The van der Waals surface area contributed by atoms with Crippen molar-refractivity contribution in [3.8, 4) is 0 Å². The van der Waals surface area contributed by atoms with E-state index in [4.69, 9.17) is 5.73 Å². The van der Waals surface area contributed by atoms with Gasteiger partial charge in [0.1, 0.15) is 6.04 Å². The van der Waals surface area contributed by atoms with E-state index < -0.39 is 6.04 Å². The highest BCUT2D eigenvalue weighted by Crippen LogP contribution is 2.36. The molecular weight excluding hydrogens is 316 g/mol. The van der Waals surface area contributed by atoms with Crippen LogP contribution in [0.5, 0.6) is 0 Å². The third-order valence-corrected chi connectivity index (χ3v) is 6.04. The molecule has 4 heterocycles. The van der Waals surface area contributed by atoms with Crippen molar-refractivity contribution in [3.05, 3.63) is 30.1 Å². The van der Waals surface area contributed by atoms with E-state index in [1.807, 2.05) is 22.1 Å². The number of hydrogen-bond donors (Lipinski definition) is 1. The number of likely N-dealkylation sites (tertiary alicyclic amines) is 1. The maximum absolute atomic E-state index is 13.0. The van der Waals surface area contributed by atoms with Crippen LogP contribution in [0.1, 0.15) is 44.1 Å². The first-order chi connectivity index (χ1) is 12.0. The number of fused-ring (bicyclic) bond motifs is 1. The minimum absolute atomic E-state index is 0.0328. The molecule has 0 saturated carbocycles. The van der Waals surface area contributed by atoms with Crippen molar-refractivity contribution in [3.63, 3.8) is 0 Å². The van der Waals surface area contributed by atoms with Gasteiger partial charge in [-0.1, -0.05) is 13.0 Å². The van der Waals surface area contributed by atoms with E-state index in [1.165, 1.54) is 5.56 Å². The fraction of sp³-hybridized carbons (Fsp3) is 0.632. The van der Waals surface area contributed by atoms with E-state index in [1.54, 1.807) is 6.20 Å².